The van der Waals surface area contributed by atoms with Crippen LogP contribution in [0, 0.1) is 0 Å². The lowest BCUT2D eigenvalue weighted by atomic mass is 10.0. The van der Waals surface area contributed by atoms with Crippen molar-refractivity contribution < 1.29 is 17.9 Å². The van der Waals surface area contributed by atoms with Crippen LogP contribution in [0.4, 0.5) is 10.5 Å². The molecule has 29 heavy (non-hydrogen) atoms. The van der Waals surface area contributed by atoms with Crippen molar-refractivity contribution in [3.8, 4) is 0 Å². The Morgan fingerprint density at radius 3 is 2.62 bits per heavy atom. The number of hydrogen-bond acceptors (Lipinski definition) is 4. The number of nitrogens with zero attached hydrogens (tertiary/aromatic N) is 2. The molecule has 6 nitrogen and oxygen atoms in total. The maximum atomic E-state index is 13.1. The average molecular weight is 522 g/mol. The van der Waals surface area contributed by atoms with Crippen molar-refractivity contribution in [2.45, 2.75) is 36.1 Å². The van der Waals surface area contributed by atoms with E-state index in [1.165, 1.54) is 4.31 Å². The molecule has 2 atom stereocenters. The SMILES string of the molecule is O=C1OCc2cc(Br)ccc2N1C1CCN(S(=O)(=O)C2C(Cl)=CC=C[C@@H]2Cl)CC1. The van der Waals surface area contributed by atoms with Crippen molar-refractivity contribution in [2.24, 2.45) is 0 Å². The Hall–Kier alpha value is -1.06. The molecule has 1 saturated heterocycles. The highest BCUT2D eigenvalue weighted by Crippen LogP contribution is 2.36. The molecule has 1 aliphatic carbocycles. The van der Waals surface area contributed by atoms with Gasteiger partial charge in [0.2, 0.25) is 10.0 Å². The van der Waals surface area contributed by atoms with Gasteiger partial charge in [-0.15, -0.1) is 11.6 Å². The third-order valence-electron chi connectivity index (χ3n) is 5.43. The molecule has 1 unspecified atom stereocenters. The Morgan fingerprint density at radius 1 is 1.21 bits per heavy atom. The van der Waals surface area contributed by atoms with E-state index in [0.29, 0.717) is 12.8 Å². The van der Waals surface area contributed by atoms with Gasteiger partial charge in [-0.3, -0.25) is 4.90 Å². The van der Waals surface area contributed by atoms with Crippen LogP contribution < -0.4 is 4.90 Å². The third-order valence-corrected chi connectivity index (χ3v) is 9.23. The van der Waals surface area contributed by atoms with Crippen LogP contribution in [0.1, 0.15) is 18.4 Å². The number of hydrogen-bond donors (Lipinski definition) is 0. The summed E-state index contributed by atoms with van der Waals surface area (Å²) in [5.41, 5.74) is 1.74. The number of benzene rings is 1. The minimum absolute atomic E-state index is 0.141. The maximum absolute atomic E-state index is 13.1. The third kappa shape index (κ3) is 3.97. The molecule has 0 radical (unpaired) electrons. The highest BCUT2D eigenvalue weighted by atomic mass is 79.9. The number of allylic oxidation sites excluding steroid dienone is 3. The van der Waals surface area contributed by atoms with Crippen LogP contribution in [0.3, 0.4) is 0 Å². The molecular formula is C19H19BrCl2N2O4S. The first kappa shape index (κ1) is 21.2. The molecule has 0 spiro atoms. The van der Waals surface area contributed by atoms with Crippen molar-refractivity contribution in [3.63, 3.8) is 0 Å². The normalized spacial score (nSPS) is 26.1. The molecule has 1 amide bonds. The van der Waals surface area contributed by atoms with Crippen LogP contribution in [-0.2, 0) is 21.4 Å². The maximum Gasteiger partial charge on any atom is 0.414 e. The number of ether oxygens (including phenoxy) is 1. The van der Waals surface area contributed by atoms with Crippen molar-refractivity contribution in [1.82, 2.24) is 4.31 Å². The highest BCUT2D eigenvalue weighted by molar-refractivity contribution is 9.10. The van der Waals surface area contributed by atoms with Crippen LogP contribution in [0.15, 0.2) is 45.9 Å². The zero-order valence-corrected chi connectivity index (χ0v) is 19.2. The lowest BCUT2D eigenvalue weighted by Crippen LogP contribution is -2.52. The van der Waals surface area contributed by atoms with E-state index in [2.05, 4.69) is 15.9 Å². The Kier molecular flexibility index (Phi) is 6.01. The van der Waals surface area contributed by atoms with Gasteiger partial charge in [0.1, 0.15) is 11.9 Å². The quantitative estimate of drug-likeness (QED) is 0.554. The van der Waals surface area contributed by atoms with Gasteiger partial charge in [0.25, 0.3) is 0 Å². The summed E-state index contributed by atoms with van der Waals surface area (Å²) in [4.78, 5) is 14.1. The number of alkyl halides is 1. The predicted octanol–water partition coefficient (Wildman–Crippen LogP) is 4.37. The van der Waals surface area contributed by atoms with E-state index in [1.807, 2.05) is 18.2 Å². The summed E-state index contributed by atoms with van der Waals surface area (Å²) in [6.07, 6.45) is 5.46. The van der Waals surface area contributed by atoms with Crippen molar-refractivity contribution in [1.29, 1.82) is 0 Å². The minimum atomic E-state index is -3.71. The average Bonchev–Trinajstić information content (AvgIpc) is 2.68. The molecular weight excluding hydrogens is 503 g/mol. The number of amides is 1. The summed E-state index contributed by atoms with van der Waals surface area (Å²) in [6, 6.07) is 5.56. The number of sulfonamides is 1. The number of fused-ring (bicyclic) bond motifs is 1. The molecule has 1 aromatic carbocycles. The van der Waals surface area contributed by atoms with Crippen molar-refractivity contribution in [3.05, 3.63) is 51.5 Å². The van der Waals surface area contributed by atoms with Gasteiger partial charge >= 0.3 is 6.09 Å². The van der Waals surface area contributed by atoms with Gasteiger partial charge < -0.3 is 4.74 Å². The Labute approximate surface area is 188 Å². The Balaban J connectivity index is 1.51. The first-order chi connectivity index (χ1) is 13.8. The number of carbonyl (C=O) groups is 1. The van der Waals surface area contributed by atoms with Crippen LogP contribution in [0.5, 0.6) is 0 Å². The largest absolute Gasteiger partial charge is 0.444 e. The molecule has 0 bridgehead atoms. The molecule has 4 rings (SSSR count). The fraction of sp³-hybridized carbons (Fsp3) is 0.421. The molecule has 2 aliphatic heterocycles. The predicted molar refractivity (Wildman–Crippen MR) is 117 cm³/mol. The minimum Gasteiger partial charge on any atom is -0.444 e. The topological polar surface area (TPSA) is 66.9 Å². The molecule has 2 heterocycles. The summed E-state index contributed by atoms with van der Waals surface area (Å²) < 4.78 is 33.9. The van der Waals surface area contributed by atoms with Crippen LogP contribution in [-0.4, -0.2) is 48.6 Å². The monoisotopic (exact) mass is 520 g/mol. The Bertz CT molecular complexity index is 990. The molecule has 3 aliphatic rings. The van der Waals surface area contributed by atoms with E-state index < -0.39 is 26.7 Å². The first-order valence-electron chi connectivity index (χ1n) is 9.20. The van der Waals surface area contributed by atoms with E-state index >= 15 is 0 Å². The molecule has 0 N–H and O–H groups in total. The number of rotatable bonds is 3. The summed E-state index contributed by atoms with van der Waals surface area (Å²) in [5, 5.41) is -1.48. The van der Waals surface area contributed by atoms with E-state index in [1.54, 1.807) is 23.1 Å². The summed E-state index contributed by atoms with van der Waals surface area (Å²) in [7, 11) is -3.71. The number of carbonyl (C=O) groups excluding carboxylic acids is 1. The lowest BCUT2D eigenvalue weighted by Gasteiger charge is -2.40. The van der Waals surface area contributed by atoms with Crippen LogP contribution in [0.2, 0.25) is 0 Å². The molecule has 0 saturated carbocycles. The van der Waals surface area contributed by atoms with Crippen molar-refractivity contribution in [2.75, 3.05) is 18.0 Å². The second-order valence-electron chi connectivity index (χ2n) is 7.17. The van der Waals surface area contributed by atoms with Gasteiger partial charge in [0.05, 0.1) is 11.1 Å². The second kappa shape index (κ2) is 8.23. The number of cyclic esters (lactones) is 1. The van der Waals surface area contributed by atoms with Gasteiger partial charge in [-0.2, -0.15) is 0 Å². The van der Waals surface area contributed by atoms with E-state index in [4.69, 9.17) is 27.9 Å². The standard InChI is InChI=1S/C19H19BrCl2N2O4S/c20-13-4-5-17-12(10-13)11-28-19(25)24(17)14-6-8-23(9-7-14)29(26,27)18-15(21)2-1-3-16(18)22/h1-5,10,14-15,18H,6-9,11H2/t15-,18?/m0/s1. The van der Waals surface area contributed by atoms with E-state index in [9.17, 15) is 13.2 Å². The second-order valence-corrected chi connectivity index (χ2v) is 11.1. The summed E-state index contributed by atoms with van der Waals surface area (Å²) >= 11 is 15.8. The molecule has 1 aromatic rings. The fourth-order valence-electron chi connectivity index (χ4n) is 3.98. The van der Waals surface area contributed by atoms with Gasteiger partial charge in [-0.1, -0.05) is 39.7 Å². The van der Waals surface area contributed by atoms with Crippen molar-refractivity contribution >= 4 is 60.9 Å². The molecule has 0 aromatic heterocycles. The number of anilines is 1. The first-order valence-corrected chi connectivity index (χ1v) is 12.3. The highest BCUT2D eigenvalue weighted by Gasteiger charge is 2.42. The zero-order chi connectivity index (χ0) is 20.8. The lowest BCUT2D eigenvalue weighted by molar-refractivity contribution is 0.135. The van der Waals surface area contributed by atoms with E-state index in [-0.39, 0.29) is 30.8 Å². The van der Waals surface area contributed by atoms with Gasteiger partial charge in [-0.25, -0.2) is 17.5 Å². The summed E-state index contributed by atoms with van der Waals surface area (Å²) in [6.45, 7) is 0.807. The van der Waals surface area contributed by atoms with Gasteiger partial charge in [0.15, 0.2) is 0 Å². The van der Waals surface area contributed by atoms with Gasteiger partial charge in [-0.05, 0) is 37.1 Å². The van der Waals surface area contributed by atoms with Crippen LogP contribution >= 0.6 is 39.1 Å². The molecule has 10 heteroatoms. The van der Waals surface area contributed by atoms with E-state index in [0.717, 1.165) is 15.7 Å². The van der Waals surface area contributed by atoms with Crippen LogP contribution in [0.25, 0.3) is 0 Å². The fourth-order valence-corrected chi connectivity index (χ4v) is 7.43. The zero-order valence-electron chi connectivity index (χ0n) is 15.3. The Morgan fingerprint density at radius 2 is 1.93 bits per heavy atom. The summed E-state index contributed by atoms with van der Waals surface area (Å²) in [5.74, 6) is 0. The number of piperidine rings is 1. The van der Waals surface area contributed by atoms with Gasteiger partial charge in [0, 0.05) is 34.2 Å². The smallest absolute Gasteiger partial charge is 0.414 e. The number of halogens is 3. The molecule has 156 valence electrons. The molecule has 1 fully saturated rings.